The number of thiophene rings is 1. The number of carbonyl (C=O) groups excluding carboxylic acids is 1. The van der Waals surface area contributed by atoms with Crippen LogP contribution in [0.25, 0.3) is 0 Å². The molecule has 0 radical (unpaired) electrons. The summed E-state index contributed by atoms with van der Waals surface area (Å²) < 4.78 is 0. The largest absolute Gasteiger partial charge is 0.478 e. The van der Waals surface area contributed by atoms with E-state index in [1.165, 1.54) is 29.5 Å². The number of hydrogen-bond donors (Lipinski definition) is 2. The predicted molar refractivity (Wildman–Crippen MR) is 80.1 cm³/mol. The summed E-state index contributed by atoms with van der Waals surface area (Å²) in [4.78, 5) is 24.9. The predicted octanol–water partition coefficient (Wildman–Crippen LogP) is 3.91. The Labute approximate surface area is 125 Å². The highest BCUT2D eigenvalue weighted by Crippen LogP contribution is 2.27. The van der Waals surface area contributed by atoms with Gasteiger partial charge in [-0.05, 0) is 30.7 Å². The van der Waals surface area contributed by atoms with Gasteiger partial charge in [0.15, 0.2) is 0 Å². The second kappa shape index (κ2) is 6.07. The van der Waals surface area contributed by atoms with Crippen LogP contribution >= 0.6 is 22.9 Å². The number of carbonyl (C=O) groups is 2. The molecule has 2 rings (SSSR count). The third-order valence-electron chi connectivity index (χ3n) is 2.72. The van der Waals surface area contributed by atoms with Gasteiger partial charge in [-0.15, -0.1) is 11.3 Å². The van der Waals surface area contributed by atoms with E-state index in [2.05, 4.69) is 5.32 Å². The lowest BCUT2D eigenvalue weighted by atomic mass is 10.1. The molecule has 6 heteroatoms. The normalized spacial score (nSPS) is 10.3. The summed E-state index contributed by atoms with van der Waals surface area (Å²) in [5.74, 6) is -1.49. The molecule has 0 saturated carbocycles. The molecule has 1 heterocycles. The molecule has 4 nitrogen and oxygen atoms in total. The van der Waals surface area contributed by atoms with E-state index in [0.29, 0.717) is 4.88 Å². The fourth-order valence-electron chi connectivity index (χ4n) is 1.69. The van der Waals surface area contributed by atoms with Crippen molar-refractivity contribution >= 4 is 40.5 Å². The molecule has 0 aliphatic rings. The molecule has 1 aromatic heterocycles. The van der Waals surface area contributed by atoms with Crippen LogP contribution in [0, 0.1) is 0 Å². The quantitative estimate of drug-likeness (QED) is 0.899. The molecule has 1 amide bonds. The van der Waals surface area contributed by atoms with Crippen molar-refractivity contribution in [3.8, 4) is 0 Å². The van der Waals surface area contributed by atoms with Gasteiger partial charge in [-0.25, -0.2) is 4.79 Å². The highest BCUT2D eigenvalue weighted by atomic mass is 35.5. The Kier molecular flexibility index (Phi) is 4.42. The number of carboxylic acid groups (broad SMARTS) is 1. The molecule has 104 valence electrons. The molecule has 0 atom stereocenters. The zero-order valence-corrected chi connectivity index (χ0v) is 12.2. The minimum absolute atomic E-state index is 0.0295. The Hall–Kier alpha value is -1.85. The first-order valence-corrected chi connectivity index (χ1v) is 7.14. The van der Waals surface area contributed by atoms with E-state index in [1.54, 1.807) is 6.07 Å². The first-order chi connectivity index (χ1) is 9.52. The number of halogens is 1. The maximum Gasteiger partial charge on any atom is 0.337 e. The van der Waals surface area contributed by atoms with Crippen molar-refractivity contribution in [2.24, 2.45) is 0 Å². The van der Waals surface area contributed by atoms with E-state index in [4.69, 9.17) is 16.7 Å². The van der Waals surface area contributed by atoms with Gasteiger partial charge in [0, 0.05) is 4.88 Å². The summed E-state index contributed by atoms with van der Waals surface area (Å²) in [5, 5.41) is 11.9. The SMILES string of the molecule is CCc1ccc(C(=O)Nc2c(Cl)cccc2C(=O)O)s1. The number of hydrogen-bond acceptors (Lipinski definition) is 3. The number of para-hydroxylation sites is 1. The van der Waals surface area contributed by atoms with E-state index in [0.717, 1.165) is 11.3 Å². The molecule has 0 aliphatic carbocycles. The van der Waals surface area contributed by atoms with Crippen LogP contribution < -0.4 is 5.32 Å². The van der Waals surface area contributed by atoms with Crippen molar-refractivity contribution in [1.29, 1.82) is 0 Å². The van der Waals surface area contributed by atoms with Gasteiger partial charge in [-0.3, -0.25) is 4.79 Å². The van der Waals surface area contributed by atoms with Crippen molar-refractivity contribution in [3.63, 3.8) is 0 Å². The number of benzene rings is 1. The van der Waals surface area contributed by atoms with Crippen molar-refractivity contribution in [3.05, 3.63) is 50.7 Å². The summed E-state index contributed by atoms with van der Waals surface area (Å²) in [6.07, 6.45) is 0.852. The summed E-state index contributed by atoms with van der Waals surface area (Å²) >= 11 is 7.34. The van der Waals surface area contributed by atoms with Gasteiger partial charge in [0.1, 0.15) is 0 Å². The second-order valence-corrected chi connectivity index (χ2v) is 5.62. The number of aromatic carboxylic acids is 1. The summed E-state index contributed by atoms with van der Waals surface area (Å²) in [6, 6.07) is 8.06. The summed E-state index contributed by atoms with van der Waals surface area (Å²) in [7, 11) is 0. The van der Waals surface area contributed by atoms with E-state index < -0.39 is 5.97 Å². The molecule has 0 unspecified atom stereocenters. The van der Waals surface area contributed by atoms with Gasteiger partial charge < -0.3 is 10.4 Å². The van der Waals surface area contributed by atoms with Crippen LogP contribution in [0.1, 0.15) is 31.8 Å². The second-order valence-electron chi connectivity index (χ2n) is 4.04. The molecule has 0 aliphatic heterocycles. The maximum atomic E-state index is 12.1. The number of nitrogens with one attached hydrogen (secondary N) is 1. The maximum absolute atomic E-state index is 12.1. The smallest absolute Gasteiger partial charge is 0.337 e. The van der Waals surface area contributed by atoms with Crippen molar-refractivity contribution in [2.45, 2.75) is 13.3 Å². The van der Waals surface area contributed by atoms with Gasteiger partial charge >= 0.3 is 5.97 Å². The van der Waals surface area contributed by atoms with Gasteiger partial charge in [0.2, 0.25) is 0 Å². The highest BCUT2D eigenvalue weighted by Gasteiger charge is 2.17. The van der Waals surface area contributed by atoms with Crippen molar-refractivity contribution in [1.82, 2.24) is 0 Å². The molecule has 0 saturated heterocycles. The topological polar surface area (TPSA) is 66.4 Å². The Bertz CT molecular complexity index is 666. The van der Waals surface area contributed by atoms with E-state index in [1.807, 2.05) is 13.0 Å². The Balaban J connectivity index is 2.30. The van der Waals surface area contributed by atoms with Gasteiger partial charge in [0.05, 0.1) is 21.2 Å². The molecule has 0 spiro atoms. The van der Waals surface area contributed by atoms with Crippen LogP contribution in [-0.4, -0.2) is 17.0 Å². The fourth-order valence-corrected chi connectivity index (χ4v) is 2.76. The van der Waals surface area contributed by atoms with Crippen LogP contribution in [0.4, 0.5) is 5.69 Å². The Morgan fingerprint density at radius 2 is 2.05 bits per heavy atom. The molecular formula is C14H12ClNO3S. The Morgan fingerprint density at radius 3 is 2.65 bits per heavy atom. The molecule has 1 aromatic carbocycles. The fraction of sp³-hybridized carbons (Fsp3) is 0.143. The van der Waals surface area contributed by atoms with E-state index >= 15 is 0 Å². The molecule has 0 bridgehead atoms. The molecule has 0 fully saturated rings. The minimum atomic E-state index is -1.14. The van der Waals surface area contributed by atoms with Crippen molar-refractivity contribution < 1.29 is 14.7 Å². The average Bonchev–Trinajstić information content (AvgIpc) is 2.89. The first kappa shape index (κ1) is 14.6. The lowest BCUT2D eigenvalue weighted by Crippen LogP contribution is -2.14. The van der Waals surface area contributed by atoms with Gasteiger partial charge in [-0.1, -0.05) is 24.6 Å². The van der Waals surface area contributed by atoms with E-state index in [-0.39, 0.29) is 22.2 Å². The van der Waals surface area contributed by atoms with Gasteiger partial charge in [-0.2, -0.15) is 0 Å². The molecule has 2 aromatic rings. The molecule has 2 N–H and O–H groups in total. The molecule has 20 heavy (non-hydrogen) atoms. The summed E-state index contributed by atoms with van der Waals surface area (Å²) in [5.41, 5.74) is 0.0937. The van der Waals surface area contributed by atoms with E-state index in [9.17, 15) is 9.59 Å². The molecular weight excluding hydrogens is 298 g/mol. The van der Waals surface area contributed by atoms with Crippen LogP contribution in [0.15, 0.2) is 30.3 Å². The zero-order valence-electron chi connectivity index (χ0n) is 10.6. The number of anilines is 1. The van der Waals surface area contributed by atoms with Crippen LogP contribution in [0.5, 0.6) is 0 Å². The monoisotopic (exact) mass is 309 g/mol. The zero-order chi connectivity index (χ0) is 14.7. The summed E-state index contributed by atoms with van der Waals surface area (Å²) in [6.45, 7) is 2.00. The van der Waals surface area contributed by atoms with Gasteiger partial charge in [0.25, 0.3) is 5.91 Å². The van der Waals surface area contributed by atoms with Crippen molar-refractivity contribution in [2.75, 3.05) is 5.32 Å². The van der Waals surface area contributed by atoms with Crippen LogP contribution in [-0.2, 0) is 6.42 Å². The standard InChI is InChI=1S/C14H12ClNO3S/c1-2-8-6-7-11(20-8)13(17)16-12-9(14(18)19)4-3-5-10(12)15/h3-7H,2H2,1H3,(H,16,17)(H,18,19). The Morgan fingerprint density at radius 1 is 1.30 bits per heavy atom. The van der Waals surface area contributed by atoms with Crippen LogP contribution in [0.3, 0.4) is 0 Å². The lowest BCUT2D eigenvalue weighted by molar-refractivity contribution is 0.0698. The first-order valence-electron chi connectivity index (χ1n) is 5.94. The minimum Gasteiger partial charge on any atom is -0.478 e. The third kappa shape index (κ3) is 3.00. The van der Waals surface area contributed by atoms with Crippen LogP contribution in [0.2, 0.25) is 5.02 Å². The number of rotatable bonds is 4. The number of carboxylic acids is 1. The lowest BCUT2D eigenvalue weighted by Gasteiger charge is -2.09. The number of amides is 1. The third-order valence-corrected chi connectivity index (χ3v) is 4.26. The average molecular weight is 310 g/mol. The number of aryl methyl sites for hydroxylation is 1. The highest BCUT2D eigenvalue weighted by molar-refractivity contribution is 7.14.